The summed E-state index contributed by atoms with van der Waals surface area (Å²) in [6, 6.07) is 10.6. The predicted molar refractivity (Wildman–Crippen MR) is 116 cm³/mol. The van der Waals surface area contributed by atoms with E-state index in [1.807, 2.05) is 40.5 Å². The number of benzene rings is 1. The summed E-state index contributed by atoms with van der Waals surface area (Å²) in [5.41, 5.74) is 2.48. The molecule has 0 bridgehead atoms. The lowest BCUT2D eigenvalue weighted by Crippen LogP contribution is -2.61. The van der Waals surface area contributed by atoms with E-state index in [-0.39, 0.29) is 17.2 Å². The minimum absolute atomic E-state index is 0.0491. The summed E-state index contributed by atoms with van der Waals surface area (Å²) in [5.74, 6) is 1.51. The van der Waals surface area contributed by atoms with Gasteiger partial charge in [0.1, 0.15) is 12.2 Å². The third-order valence-electron chi connectivity index (χ3n) is 6.71. The number of aryl methyl sites for hydroxylation is 3. The summed E-state index contributed by atoms with van der Waals surface area (Å²) in [5, 5.41) is 12.8. The standard InChI is InChI=1S/C23H29N7O/c1-18-10-25-30(11-18)9-8-21(31)29-15-23(16-29)14-28(12-19-6-4-3-5-7-19)13-20(23)22-26-24-17-27(22)2/h3-7,10-11,17,20H,8-9,12-16H2,1-2H3. The molecule has 0 radical (unpaired) electrons. The molecule has 8 nitrogen and oxygen atoms in total. The highest BCUT2D eigenvalue weighted by Gasteiger charge is 2.56. The van der Waals surface area contributed by atoms with Crippen LogP contribution in [-0.2, 0) is 24.9 Å². The van der Waals surface area contributed by atoms with E-state index in [2.05, 4.69) is 50.5 Å². The van der Waals surface area contributed by atoms with Gasteiger partial charge in [0.15, 0.2) is 0 Å². The van der Waals surface area contributed by atoms with Crippen LogP contribution < -0.4 is 0 Å². The zero-order valence-corrected chi connectivity index (χ0v) is 18.2. The minimum Gasteiger partial charge on any atom is -0.341 e. The quantitative estimate of drug-likeness (QED) is 0.610. The molecule has 162 valence electrons. The summed E-state index contributed by atoms with van der Waals surface area (Å²) in [6.45, 7) is 7.04. The number of rotatable bonds is 6. The van der Waals surface area contributed by atoms with Gasteiger partial charge < -0.3 is 9.47 Å². The Balaban J connectivity index is 1.27. The Kier molecular flexibility index (Phi) is 5.09. The van der Waals surface area contributed by atoms with Crippen LogP contribution in [0, 0.1) is 12.3 Å². The van der Waals surface area contributed by atoms with E-state index in [4.69, 9.17) is 0 Å². The molecule has 2 aliphatic rings. The van der Waals surface area contributed by atoms with Crippen molar-refractivity contribution in [1.82, 2.24) is 34.3 Å². The zero-order valence-electron chi connectivity index (χ0n) is 18.2. The number of hydrogen-bond acceptors (Lipinski definition) is 5. The molecule has 8 heteroatoms. The van der Waals surface area contributed by atoms with Crippen LogP contribution in [0.1, 0.15) is 29.3 Å². The second kappa shape index (κ2) is 7.92. The molecule has 2 aromatic heterocycles. The molecule has 31 heavy (non-hydrogen) atoms. The molecule has 2 fully saturated rings. The van der Waals surface area contributed by atoms with E-state index in [9.17, 15) is 4.79 Å². The van der Waals surface area contributed by atoms with E-state index < -0.39 is 0 Å². The summed E-state index contributed by atoms with van der Waals surface area (Å²) in [7, 11) is 2.01. The summed E-state index contributed by atoms with van der Waals surface area (Å²) in [4.78, 5) is 17.3. The van der Waals surface area contributed by atoms with Gasteiger partial charge >= 0.3 is 0 Å². The molecule has 0 saturated carbocycles. The zero-order chi connectivity index (χ0) is 21.4. The Morgan fingerprint density at radius 2 is 2.00 bits per heavy atom. The molecule has 1 spiro atoms. The molecule has 1 amide bonds. The first-order valence-electron chi connectivity index (χ1n) is 10.9. The topological polar surface area (TPSA) is 72.1 Å². The number of carbonyl (C=O) groups is 1. The van der Waals surface area contributed by atoms with Crippen LogP contribution in [0.25, 0.3) is 0 Å². The Morgan fingerprint density at radius 1 is 1.19 bits per heavy atom. The maximum absolute atomic E-state index is 12.8. The Hall–Kier alpha value is -3.00. The first kappa shape index (κ1) is 19.9. The summed E-state index contributed by atoms with van der Waals surface area (Å²) < 4.78 is 3.88. The molecule has 1 aromatic carbocycles. The fourth-order valence-corrected chi connectivity index (χ4v) is 5.17. The van der Waals surface area contributed by atoms with Gasteiger partial charge in [0.05, 0.1) is 6.20 Å². The molecule has 2 aliphatic heterocycles. The second-order valence-corrected chi connectivity index (χ2v) is 9.15. The fourth-order valence-electron chi connectivity index (χ4n) is 5.17. The second-order valence-electron chi connectivity index (χ2n) is 9.15. The molecule has 3 aromatic rings. The highest BCUT2D eigenvalue weighted by Crippen LogP contribution is 2.49. The first-order chi connectivity index (χ1) is 15.0. The SMILES string of the molecule is Cc1cnn(CCC(=O)N2CC3(CN(Cc4ccccc4)CC3c3nncn3C)C2)c1. The average Bonchev–Trinajstić information content (AvgIpc) is 3.44. The van der Waals surface area contributed by atoms with Gasteiger partial charge in [-0.2, -0.15) is 5.10 Å². The average molecular weight is 420 g/mol. The Morgan fingerprint density at radius 3 is 2.68 bits per heavy atom. The highest BCUT2D eigenvalue weighted by molar-refractivity contribution is 5.77. The van der Waals surface area contributed by atoms with Crippen molar-refractivity contribution in [2.24, 2.45) is 12.5 Å². The lowest BCUT2D eigenvalue weighted by Gasteiger charge is -2.50. The predicted octanol–water partition coefficient (Wildman–Crippen LogP) is 1.84. The van der Waals surface area contributed by atoms with Gasteiger partial charge in [-0.3, -0.25) is 14.4 Å². The van der Waals surface area contributed by atoms with E-state index >= 15 is 0 Å². The molecule has 1 unspecified atom stereocenters. The fraction of sp³-hybridized carbons (Fsp3) is 0.478. The van der Waals surface area contributed by atoms with Crippen LogP contribution in [0.4, 0.5) is 0 Å². The van der Waals surface area contributed by atoms with Gasteiger partial charge in [-0.15, -0.1) is 10.2 Å². The van der Waals surface area contributed by atoms with Crippen LogP contribution in [0.15, 0.2) is 49.1 Å². The maximum atomic E-state index is 12.8. The molecule has 0 N–H and O–H groups in total. The largest absolute Gasteiger partial charge is 0.341 e. The third-order valence-corrected chi connectivity index (χ3v) is 6.71. The maximum Gasteiger partial charge on any atom is 0.224 e. The van der Waals surface area contributed by atoms with Gasteiger partial charge in [-0.05, 0) is 18.1 Å². The Bertz CT molecular complexity index is 1050. The number of carbonyl (C=O) groups excluding carboxylic acids is 1. The molecule has 2 saturated heterocycles. The van der Waals surface area contributed by atoms with Crippen LogP contribution >= 0.6 is 0 Å². The van der Waals surface area contributed by atoms with Gasteiger partial charge in [-0.25, -0.2) is 0 Å². The van der Waals surface area contributed by atoms with Crippen molar-refractivity contribution in [1.29, 1.82) is 0 Å². The lowest BCUT2D eigenvalue weighted by molar-refractivity contribution is -0.144. The van der Waals surface area contributed by atoms with Crippen molar-refractivity contribution >= 4 is 5.91 Å². The normalized spacial score (nSPS) is 20.3. The third kappa shape index (κ3) is 3.87. The van der Waals surface area contributed by atoms with Crippen molar-refractivity contribution in [3.63, 3.8) is 0 Å². The number of nitrogens with zero attached hydrogens (tertiary/aromatic N) is 7. The number of likely N-dealkylation sites (tertiary alicyclic amines) is 2. The first-order valence-corrected chi connectivity index (χ1v) is 10.9. The van der Waals surface area contributed by atoms with Crippen molar-refractivity contribution < 1.29 is 4.79 Å². The van der Waals surface area contributed by atoms with Gasteiger partial charge in [0.25, 0.3) is 0 Å². The Labute approximate surface area is 182 Å². The van der Waals surface area contributed by atoms with Gasteiger partial charge in [0, 0.05) is 70.3 Å². The van der Waals surface area contributed by atoms with Crippen molar-refractivity contribution in [2.45, 2.75) is 32.4 Å². The molecular formula is C23H29N7O. The molecular weight excluding hydrogens is 390 g/mol. The van der Waals surface area contributed by atoms with Crippen LogP contribution in [0.2, 0.25) is 0 Å². The molecule has 4 heterocycles. The van der Waals surface area contributed by atoms with Crippen LogP contribution in [-0.4, -0.2) is 66.4 Å². The van der Waals surface area contributed by atoms with Gasteiger partial charge in [-0.1, -0.05) is 30.3 Å². The van der Waals surface area contributed by atoms with Crippen molar-refractivity contribution in [3.8, 4) is 0 Å². The van der Waals surface area contributed by atoms with E-state index in [0.29, 0.717) is 13.0 Å². The highest BCUT2D eigenvalue weighted by atomic mass is 16.2. The van der Waals surface area contributed by atoms with Crippen molar-refractivity contribution in [2.75, 3.05) is 26.2 Å². The molecule has 0 aliphatic carbocycles. The minimum atomic E-state index is 0.0491. The summed E-state index contributed by atoms with van der Waals surface area (Å²) in [6.07, 6.45) is 6.07. The number of aromatic nitrogens is 5. The summed E-state index contributed by atoms with van der Waals surface area (Å²) >= 11 is 0. The molecule has 1 atom stereocenters. The smallest absolute Gasteiger partial charge is 0.224 e. The van der Waals surface area contributed by atoms with E-state index in [0.717, 1.165) is 44.1 Å². The van der Waals surface area contributed by atoms with E-state index in [1.54, 1.807) is 6.33 Å². The van der Waals surface area contributed by atoms with Crippen LogP contribution in [0.5, 0.6) is 0 Å². The lowest BCUT2D eigenvalue weighted by atomic mass is 9.71. The molecule has 5 rings (SSSR count). The van der Waals surface area contributed by atoms with E-state index in [1.165, 1.54) is 5.56 Å². The van der Waals surface area contributed by atoms with Crippen molar-refractivity contribution in [3.05, 3.63) is 66.0 Å². The number of amides is 1. The number of hydrogen-bond donors (Lipinski definition) is 0. The van der Waals surface area contributed by atoms with Gasteiger partial charge in [0.2, 0.25) is 5.91 Å². The van der Waals surface area contributed by atoms with Crippen LogP contribution in [0.3, 0.4) is 0 Å². The monoisotopic (exact) mass is 419 g/mol.